The number of nitrogens with one attached hydrogen (secondary N) is 1. The summed E-state index contributed by atoms with van der Waals surface area (Å²) in [6, 6.07) is 6.88. The Bertz CT molecular complexity index is 417. The maximum Gasteiger partial charge on any atom is 0.0507 e. The SMILES string of the molecule is CCNCc1ccc(N2CCCC(COC)C2)cc1C. The van der Waals surface area contributed by atoms with E-state index >= 15 is 0 Å². The van der Waals surface area contributed by atoms with Crippen LogP contribution >= 0.6 is 0 Å². The van der Waals surface area contributed by atoms with E-state index in [9.17, 15) is 0 Å². The maximum atomic E-state index is 5.32. The lowest BCUT2D eigenvalue weighted by molar-refractivity contribution is 0.143. The van der Waals surface area contributed by atoms with Crippen LogP contribution in [0, 0.1) is 12.8 Å². The Balaban J connectivity index is 2.03. The van der Waals surface area contributed by atoms with Gasteiger partial charge >= 0.3 is 0 Å². The standard InChI is InChI=1S/C17H28N2O/c1-4-18-11-16-7-8-17(10-14(16)2)19-9-5-6-15(12-19)13-20-3/h7-8,10,15,18H,4-6,9,11-13H2,1-3H3. The van der Waals surface area contributed by atoms with Crippen LogP contribution in [0.1, 0.15) is 30.9 Å². The van der Waals surface area contributed by atoms with E-state index in [-0.39, 0.29) is 0 Å². The Morgan fingerprint density at radius 1 is 1.40 bits per heavy atom. The van der Waals surface area contributed by atoms with E-state index in [2.05, 4.69) is 42.3 Å². The van der Waals surface area contributed by atoms with Crippen molar-refractivity contribution in [2.24, 2.45) is 5.92 Å². The fraction of sp³-hybridized carbons (Fsp3) is 0.647. The fourth-order valence-electron chi connectivity index (χ4n) is 3.01. The van der Waals surface area contributed by atoms with E-state index in [1.54, 1.807) is 7.11 Å². The Hall–Kier alpha value is -1.06. The zero-order valence-corrected chi connectivity index (χ0v) is 13.1. The minimum Gasteiger partial charge on any atom is -0.384 e. The summed E-state index contributed by atoms with van der Waals surface area (Å²) in [6.45, 7) is 9.53. The maximum absolute atomic E-state index is 5.32. The van der Waals surface area contributed by atoms with Crippen molar-refractivity contribution in [1.29, 1.82) is 0 Å². The smallest absolute Gasteiger partial charge is 0.0507 e. The van der Waals surface area contributed by atoms with E-state index in [0.717, 1.165) is 26.2 Å². The topological polar surface area (TPSA) is 24.5 Å². The molecule has 112 valence electrons. The monoisotopic (exact) mass is 276 g/mol. The van der Waals surface area contributed by atoms with Gasteiger partial charge < -0.3 is 15.0 Å². The molecule has 1 saturated heterocycles. The molecule has 20 heavy (non-hydrogen) atoms. The third kappa shape index (κ3) is 3.97. The Morgan fingerprint density at radius 2 is 2.25 bits per heavy atom. The van der Waals surface area contributed by atoms with Crippen LogP contribution in [0.2, 0.25) is 0 Å². The molecule has 0 bridgehead atoms. The number of nitrogens with zero attached hydrogens (tertiary/aromatic N) is 1. The van der Waals surface area contributed by atoms with E-state index in [0.29, 0.717) is 5.92 Å². The second kappa shape index (κ2) is 7.65. The van der Waals surface area contributed by atoms with Crippen LogP contribution in [0.3, 0.4) is 0 Å². The minimum absolute atomic E-state index is 0.676. The van der Waals surface area contributed by atoms with E-state index in [4.69, 9.17) is 4.74 Å². The first-order valence-electron chi connectivity index (χ1n) is 7.78. The number of hydrogen-bond donors (Lipinski definition) is 1. The molecule has 0 radical (unpaired) electrons. The Labute approximate surface area is 123 Å². The average molecular weight is 276 g/mol. The molecule has 1 unspecified atom stereocenters. The largest absolute Gasteiger partial charge is 0.384 e. The van der Waals surface area contributed by atoms with E-state index in [1.807, 2.05) is 0 Å². The van der Waals surface area contributed by atoms with Crippen LogP contribution in [0.25, 0.3) is 0 Å². The van der Waals surface area contributed by atoms with Gasteiger partial charge in [-0.25, -0.2) is 0 Å². The molecule has 1 N–H and O–H groups in total. The predicted octanol–water partition coefficient (Wildman–Crippen LogP) is 2.97. The molecule has 0 spiro atoms. The van der Waals surface area contributed by atoms with Gasteiger partial charge in [0.05, 0.1) is 6.61 Å². The summed E-state index contributed by atoms with van der Waals surface area (Å²) < 4.78 is 5.32. The summed E-state index contributed by atoms with van der Waals surface area (Å²) in [5.74, 6) is 0.676. The first kappa shape index (κ1) is 15.3. The highest BCUT2D eigenvalue weighted by atomic mass is 16.5. The minimum atomic E-state index is 0.676. The molecule has 1 aliphatic rings. The number of anilines is 1. The van der Waals surface area contributed by atoms with Crippen molar-refractivity contribution in [3.63, 3.8) is 0 Å². The van der Waals surface area contributed by atoms with Gasteiger partial charge in [-0.15, -0.1) is 0 Å². The van der Waals surface area contributed by atoms with Crippen molar-refractivity contribution in [2.75, 3.05) is 38.3 Å². The Kier molecular flexibility index (Phi) is 5.86. The normalized spacial score (nSPS) is 19.4. The second-order valence-electron chi connectivity index (χ2n) is 5.80. The van der Waals surface area contributed by atoms with Crippen LogP contribution in [-0.2, 0) is 11.3 Å². The number of hydrogen-bond acceptors (Lipinski definition) is 3. The summed E-state index contributed by atoms with van der Waals surface area (Å²) in [4.78, 5) is 2.51. The third-order valence-electron chi connectivity index (χ3n) is 4.18. The zero-order valence-electron chi connectivity index (χ0n) is 13.1. The molecule has 0 amide bonds. The number of benzene rings is 1. The van der Waals surface area contributed by atoms with E-state index < -0.39 is 0 Å². The van der Waals surface area contributed by atoms with Gasteiger partial charge in [0.15, 0.2) is 0 Å². The molecule has 0 aliphatic carbocycles. The molecule has 3 nitrogen and oxygen atoms in total. The summed E-state index contributed by atoms with van der Waals surface area (Å²) in [5, 5.41) is 3.40. The van der Waals surface area contributed by atoms with Crippen molar-refractivity contribution >= 4 is 5.69 Å². The fourth-order valence-corrected chi connectivity index (χ4v) is 3.01. The van der Waals surface area contributed by atoms with Gasteiger partial charge in [0.25, 0.3) is 0 Å². The van der Waals surface area contributed by atoms with Crippen LogP contribution in [0.5, 0.6) is 0 Å². The van der Waals surface area contributed by atoms with Crippen molar-refractivity contribution in [3.05, 3.63) is 29.3 Å². The predicted molar refractivity (Wildman–Crippen MR) is 85.4 cm³/mol. The highest BCUT2D eigenvalue weighted by Crippen LogP contribution is 2.25. The highest BCUT2D eigenvalue weighted by Gasteiger charge is 2.20. The lowest BCUT2D eigenvalue weighted by Gasteiger charge is -2.34. The quantitative estimate of drug-likeness (QED) is 0.864. The van der Waals surface area contributed by atoms with Crippen LogP contribution in [0.4, 0.5) is 5.69 Å². The van der Waals surface area contributed by atoms with Gasteiger partial charge in [0.1, 0.15) is 0 Å². The lowest BCUT2D eigenvalue weighted by Crippen LogP contribution is -2.37. The zero-order chi connectivity index (χ0) is 14.4. The second-order valence-corrected chi connectivity index (χ2v) is 5.80. The number of methoxy groups -OCH3 is 1. The summed E-state index contributed by atoms with van der Waals surface area (Å²) in [5.41, 5.74) is 4.15. The molecular formula is C17H28N2O. The third-order valence-corrected chi connectivity index (χ3v) is 4.18. The molecule has 1 heterocycles. The molecule has 0 aromatic heterocycles. The molecule has 3 heteroatoms. The van der Waals surface area contributed by atoms with Gasteiger partial charge in [-0.3, -0.25) is 0 Å². The van der Waals surface area contributed by atoms with Crippen LogP contribution in [-0.4, -0.2) is 33.4 Å². The molecule has 1 aliphatic heterocycles. The number of ether oxygens (including phenoxy) is 1. The first-order chi connectivity index (χ1) is 9.74. The van der Waals surface area contributed by atoms with E-state index in [1.165, 1.54) is 36.2 Å². The number of rotatable bonds is 6. The average Bonchev–Trinajstić information content (AvgIpc) is 2.46. The number of piperidine rings is 1. The van der Waals surface area contributed by atoms with Crippen molar-refractivity contribution in [2.45, 2.75) is 33.2 Å². The van der Waals surface area contributed by atoms with Crippen molar-refractivity contribution < 1.29 is 4.74 Å². The summed E-state index contributed by atoms with van der Waals surface area (Å²) in [7, 11) is 1.80. The molecule has 1 fully saturated rings. The van der Waals surface area contributed by atoms with Crippen LogP contribution in [0.15, 0.2) is 18.2 Å². The van der Waals surface area contributed by atoms with Gasteiger partial charge in [0.2, 0.25) is 0 Å². The summed E-state index contributed by atoms with van der Waals surface area (Å²) in [6.07, 6.45) is 2.56. The van der Waals surface area contributed by atoms with Gasteiger partial charge in [-0.2, -0.15) is 0 Å². The molecular weight excluding hydrogens is 248 g/mol. The molecule has 2 rings (SSSR count). The molecule has 0 saturated carbocycles. The Morgan fingerprint density at radius 3 is 2.95 bits per heavy atom. The molecule has 1 aromatic rings. The van der Waals surface area contributed by atoms with Crippen molar-refractivity contribution in [1.82, 2.24) is 5.32 Å². The molecule has 1 aromatic carbocycles. The van der Waals surface area contributed by atoms with Crippen molar-refractivity contribution in [3.8, 4) is 0 Å². The first-order valence-corrected chi connectivity index (χ1v) is 7.78. The van der Waals surface area contributed by atoms with Gasteiger partial charge in [0, 0.05) is 32.4 Å². The summed E-state index contributed by atoms with van der Waals surface area (Å²) >= 11 is 0. The molecule has 1 atom stereocenters. The highest BCUT2D eigenvalue weighted by molar-refractivity contribution is 5.51. The number of aryl methyl sites for hydroxylation is 1. The van der Waals surface area contributed by atoms with Gasteiger partial charge in [-0.1, -0.05) is 13.0 Å². The van der Waals surface area contributed by atoms with Gasteiger partial charge in [-0.05, 0) is 55.5 Å². The lowest BCUT2D eigenvalue weighted by atomic mass is 9.97. The van der Waals surface area contributed by atoms with Crippen LogP contribution < -0.4 is 10.2 Å².